The predicted octanol–water partition coefficient (Wildman–Crippen LogP) is 1.39. The molecule has 0 aliphatic heterocycles. The minimum Gasteiger partial charge on any atom is -0.350 e. The number of aryl methyl sites for hydroxylation is 1. The Morgan fingerprint density at radius 3 is 2.55 bits per heavy atom. The average Bonchev–Trinajstić information content (AvgIpc) is 2.90. The Labute approximate surface area is 129 Å². The summed E-state index contributed by atoms with van der Waals surface area (Å²) in [6.45, 7) is 2.19. The van der Waals surface area contributed by atoms with Gasteiger partial charge in [-0.05, 0) is 25.1 Å². The van der Waals surface area contributed by atoms with Gasteiger partial charge in [-0.15, -0.1) is 0 Å². The Balaban J connectivity index is 2.01. The number of hydrogen-bond acceptors (Lipinski definition) is 3. The Morgan fingerprint density at radius 1 is 1.23 bits per heavy atom. The maximum Gasteiger partial charge on any atom is 0.271 e. The highest BCUT2D eigenvalue weighted by Crippen LogP contribution is 2.11. The van der Waals surface area contributed by atoms with E-state index in [9.17, 15) is 9.59 Å². The zero-order chi connectivity index (χ0) is 16.1. The van der Waals surface area contributed by atoms with Gasteiger partial charge in [0.25, 0.3) is 5.91 Å². The Bertz CT molecular complexity index is 662. The number of aromatic nitrogens is 2. The molecule has 6 heteroatoms. The van der Waals surface area contributed by atoms with Crippen LogP contribution in [0.1, 0.15) is 22.6 Å². The minimum absolute atomic E-state index is 0.0219. The number of benzene rings is 1. The van der Waals surface area contributed by atoms with Gasteiger partial charge in [-0.25, -0.2) is 4.68 Å². The van der Waals surface area contributed by atoms with Crippen molar-refractivity contribution in [1.82, 2.24) is 20.0 Å². The van der Waals surface area contributed by atoms with Crippen molar-refractivity contribution in [2.45, 2.75) is 13.3 Å². The quantitative estimate of drug-likeness (QED) is 0.907. The van der Waals surface area contributed by atoms with Crippen LogP contribution >= 0.6 is 0 Å². The third-order valence-electron chi connectivity index (χ3n) is 3.24. The summed E-state index contributed by atoms with van der Waals surface area (Å²) in [5, 5.41) is 7.04. The zero-order valence-electron chi connectivity index (χ0n) is 13.0. The monoisotopic (exact) mass is 300 g/mol. The molecule has 0 saturated carbocycles. The van der Waals surface area contributed by atoms with Crippen molar-refractivity contribution in [2.75, 3.05) is 20.6 Å². The van der Waals surface area contributed by atoms with Crippen molar-refractivity contribution in [1.29, 1.82) is 0 Å². The van der Waals surface area contributed by atoms with Crippen LogP contribution in [-0.2, 0) is 4.79 Å². The Morgan fingerprint density at radius 2 is 1.91 bits per heavy atom. The van der Waals surface area contributed by atoms with Gasteiger partial charge in [0.05, 0.1) is 5.69 Å². The van der Waals surface area contributed by atoms with Crippen LogP contribution in [0.25, 0.3) is 5.69 Å². The standard InChI is InChI=1S/C16H20N4O2/c1-12-11-14(16(22)17-10-9-15(21)19(2)3)18-20(12)13-7-5-4-6-8-13/h4-8,11H,9-10H2,1-3H3,(H,17,22). The molecule has 6 nitrogen and oxygen atoms in total. The molecule has 0 saturated heterocycles. The molecule has 0 unspecified atom stereocenters. The van der Waals surface area contributed by atoms with E-state index in [0.29, 0.717) is 12.2 Å². The molecular formula is C16H20N4O2. The van der Waals surface area contributed by atoms with E-state index in [1.165, 1.54) is 4.90 Å². The fraction of sp³-hybridized carbons (Fsp3) is 0.312. The van der Waals surface area contributed by atoms with E-state index in [4.69, 9.17) is 0 Å². The van der Waals surface area contributed by atoms with Crippen LogP contribution in [0.3, 0.4) is 0 Å². The van der Waals surface area contributed by atoms with Gasteiger partial charge in [-0.2, -0.15) is 5.10 Å². The highest BCUT2D eigenvalue weighted by Gasteiger charge is 2.13. The van der Waals surface area contributed by atoms with Crippen LogP contribution in [0.2, 0.25) is 0 Å². The lowest BCUT2D eigenvalue weighted by Crippen LogP contribution is -2.30. The first-order valence-electron chi connectivity index (χ1n) is 7.09. The zero-order valence-corrected chi connectivity index (χ0v) is 13.0. The van der Waals surface area contributed by atoms with E-state index < -0.39 is 0 Å². The van der Waals surface area contributed by atoms with Crippen molar-refractivity contribution >= 4 is 11.8 Å². The van der Waals surface area contributed by atoms with Crippen LogP contribution in [-0.4, -0.2) is 47.1 Å². The smallest absolute Gasteiger partial charge is 0.271 e. The normalized spacial score (nSPS) is 10.3. The fourth-order valence-electron chi connectivity index (χ4n) is 2.01. The number of rotatable bonds is 5. The number of nitrogens with one attached hydrogen (secondary N) is 1. The van der Waals surface area contributed by atoms with E-state index in [-0.39, 0.29) is 18.2 Å². The summed E-state index contributed by atoms with van der Waals surface area (Å²) in [5.41, 5.74) is 2.13. The van der Waals surface area contributed by atoms with Crippen LogP contribution in [0.5, 0.6) is 0 Å². The Hall–Kier alpha value is -2.63. The van der Waals surface area contributed by atoms with Crippen LogP contribution < -0.4 is 5.32 Å². The average molecular weight is 300 g/mol. The second-order valence-electron chi connectivity index (χ2n) is 5.21. The number of carbonyl (C=O) groups excluding carboxylic acids is 2. The summed E-state index contributed by atoms with van der Waals surface area (Å²) >= 11 is 0. The molecule has 116 valence electrons. The number of hydrogen-bond donors (Lipinski definition) is 1. The van der Waals surface area contributed by atoms with Gasteiger partial charge in [0.2, 0.25) is 5.91 Å². The molecule has 0 radical (unpaired) electrons. The second-order valence-corrected chi connectivity index (χ2v) is 5.21. The number of carbonyl (C=O) groups is 2. The van der Waals surface area contributed by atoms with Gasteiger partial charge in [0.15, 0.2) is 5.69 Å². The molecule has 2 amide bonds. The summed E-state index contributed by atoms with van der Waals surface area (Å²) < 4.78 is 1.72. The maximum atomic E-state index is 12.1. The summed E-state index contributed by atoms with van der Waals surface area (Å²) in [5.74, 6) is -0.296. The van der Waals surface area contributed by atoms with Gasteiger partial charge in [-0.3, -0.25) is 9.59 Å². The SMILES string of the molecule is Cc1cc(C(=O)NCCC(=O)N(C)C)nn1-c1ccccc1. The molecule has 0 spiro atoms. The summed E-state index contributed by atoms with van der Waals surface area (Å²) in [6, 6.07) is 11.4. The fourth-order valence-corrected chi connectivity index (χ4v) is 2.01. The molecule has 0 fully saturated rings. The van der Waals surface area contributed by atoms with Gasteiger partial charge in [-0.1, -0.05) is 18.2 Å². The van der Waals surface area contributed by atoms with Crippen molar-refractivity contribution < 1.29 is 9.59 Å². The lowest BCUT2D eigenvalue weighted by Gasteiger charge is -2.09. The molecule has 2 aromatic rings. The largest absolute Gasteiger partial charge is 0.350 e. The van der Waals surface area contributed by atoms with E-state index in [0.717, 1.165) is 11.4 Å². The molecule has 1 heterocycles. The summed E-state index contributed by atoms with van der Waals surface area (Å²) in [7, 11) is 3.38. The summed E-state index contributed by atoms with van der Waals surface area (Å²) in [6.07, 6.45) is 0.275. The first-order valence-corrected chi connectivity index (χ1v) is 7.09. The molecule has 0 aliphatic rings. The van der Waals surface area contributed by atoms with Gasteiger partial charge in [0, 0.05) is 32.8 Å². The molecule has 1 aromatic heterocycles. The number of nitrogens with zero attached hydrogens (tertiary/aromatic N) is 3. The minimum atomic E-state index is -0.274. The molecule has 22 heavy (non-hydrogen) atoms. The highest BCUT2D eigenvalue weighted by molar-refractivity contribution is 5.92. The lowest BCUT2D eigenvalue weighted by molar-refractivity contribution is -0.128. The highest BCUT2D eigenvalue weighted by atomic mass is 16.2. The first-order chi connectivity index (χ1) is 10.5. The predicted molar refractivity (Wildman–Crippen MR) is 83.9 cm³/mol. The van der Waals surface area contributed by atoms with Crippen molar-refractivity contribution in [3.8, 4) is 5.69 Å². The third kappa shape index (κ3) is 3.72. The van der Waals surface area contributed by atoms with Crippen molar-refractivity contribution in [3.05, 3.63) is 47.8 Å². The molecule has 1 N–H and O–H groups in total. The third-order valence-corrected chi connectivity index (χ3v) is 3.24. The molecule has 0 aliphatic carbocycles. The van der Waals surface area contributed by atoms with Crippen molar-refractivity contribution in [2.24, 2.45) is 0 Å². The van der Waals surface area contributed by atoms with E-state index >= 15 is 0 Å². The van der Waals surface area contributed by atoms with Gasteiger partial charge in [0.1, 0.15) is 0 Å². The van der Waals surface area contributed by atoms with Crippen LogP contribution in [0.15, 0.2) is 36.4 Å². The van der Waals surface area contributed by atoms with Gasteiger partial charge < -0.3 is 10.2 Å². The molecule has 0 bridgehead atoms. The van der Waals surface area contributed by atoms with Crippen LogP contribution in [0, 0.1) is 6.92 Å². The molecule has 1 aromatic carbocycles. The maximum absolute atomic E-state index is 12.1. The van der Waals surface area contributed by atoms with Crippen LogP contribution in [0.4, 0.5) is 0 Å². The Kier molecular flexibility index (Phi) is 4.93. The number of para-hydroxylation sites is 1. The topological polar surface area (TPSA) is 67.2 Å². The molecule has 2 rings (SSSR count). The lowest BCUT2D eigenvalue weighted by atomic mass is 10.3. The summed E-state index contributed by atoms with van der Waals surface area (Å²) in [4.78, 5) is 25.0. The van der Waals surface area contributed by atoms with Crippen molar-refractivity contribution in [3.63, 3.8) is 0 Å². The second kappa shape index (κ2) is 6.89. The van der Waals surface area contributed by atoms with Gasteiger partial charge >= 0.3 is 0 Å². The van der Waals surface area contributed by atoms with E-state index in [1.807, 2.05) is 37.3 Å². The van der Waals surface area contributed by atoms with E-state index in [1.54, 1.807) is 24.8 Å². The molecule has 0 atom stereocenters. The first kappa shape index (κ1) is 15.8. The number of amides is 2. The van der Waals surface area contributed by atoms with E-state index in [2.05, 4.69) is 10.4 Å². The molecular weight excluding hydrogens is 280 g/mol.